The van der Waals surface area contributed by atoms with Crippen LogP contribution in [-0.2, 0) is 17.8 Å². The highest BCUT2D eigenvalue weighted by molar-refractivity contribution is 7.11. The summed E-state index contributed by atoms with van der Waals surface area (Å²) in [4.78, 5) is 12.7. The smallest absolute Gasteiger partial charge is 0.264 e. The Bertz CT molecular complexity index is 847. The molecule has 0 spiro atoms. The first kappa shape index (κ1) is 17.7. The number of amides is 1. The van der Waals surface area contributed by atoms with Crippen molar-refractivity contribution in [1.82, 2.24) is 15.5 Å². The molecule has 0 aliphatic carbocycles. The number of aryl methyl sites for hydroxylation is 1. The van der Waals surface area contributed by atoms with E-state index in [1.54, 1.807) is 0 Å². The molecule has 1 unspecified atom stereocenters. The average molecular weight is 361 g/mol. The third-order valence-corrected chi connectivity index (χ3v) is 5.81. The van der Waals surface area contributed by atoms with E-state index in [1.807, 2.05) is 34.6 Å². The average Bonchev–Trinajstić information content (AvgIpc) is 3.01. The summed E-state index contributed by atoms with van der Waals surface area (Å²) >= 11 is 1.47. The monoisotopic (exact) mass is 361 g/mol. The summed E-state index contributed by atoms with van der Waals surface area (Å²) in [7, 11) is 0. The third kappa shape index (κ3) is 3.08. The Hall–Kier alpha value is -2.15. The van der Waals surface area contributed by atoms with E-state index in [0.717, 1.165) is 38.0 Å². The maximum Gasteiger partial charge on any atom is 0.264 e. The fourth-order valence-electron chi connectivity index (χ4n) is 3.16. The van der Waals surface area contributed by atoms with Crippen molar-refractivity contribution in [3.8, 4) is 11.5 Å². The van der Waals surface area contributed by atoms with Crippen LogP contribution in [0.5, 0.6) is 11.5 Å². The fourth-order valence-corrected chi connectivity index (χ4v) is 3.81. The summed E-state index contributed by atoms with van der Waals surface area (Å²) < 4.78 is 6.17. The van der Waals surface area contributed by atoms with E-state index in [9.17, 15) is 9.90 Å². The maximum atomic E-state index is 12.7. The zero-order valence-electron chi connectivity index (χ0n) is 15.2. The maximum absolute atomic E-state index is 12.7. The molecule has 0 saturated carbocycles. The van der Waals surface area contributed by atoms with E-state index in [2.05, 4.69) is 15.5 Å². The van der Waals surface area contributed by atoms with E-state index in [0.29, 0.717) is 25.1 Å². The summed E-state index contributed by atoms with van der Waals surface area (Å²) in [6.45, 7) is 9.72. The van der Waals surface area contributed by atoms with Gasteiger partial charge in [-0.05, 0) is 57.7 Å². The second-order valence-corrected chi connectivity index (χ2v) is 8.03. The van der Waals surface area contributed by atoms with Crippen molar-refractivity contribution in [2.45, 2.75) is 59.6 Å². The lowest BCUT2D eigenvalue weighted by molar-refractivity contribution is -0.137. The number of hydrogen-bond acceptors (Lipinski definition) is 6. The lowest BCUT2D eigenvalue weighted by atomic mass is 9.86. The molecule has 0 saturated heterocycles. The van der Waals surface area contributed by atoms with Gasteiger partial charge in [-0.25, -0.2) is 0 Å². The van der Waals surface area contributed by atoms with Crippen molar-refractivity contribution in [2.24, 2.45) is 0 Å². The molecule has 2 heterocycles. The Balaban J connectivity index is 1.81. The van der Waals surface area contributed by atoms with Gasteiger partial charge in [-0.15, -0.1) is 10.2 Å². The topological polar surface area (TPSA) is 84.3 Å². The molecule has 0 radical (unpaired) electrons. The number of aromatic nitrogens is 2. The van der Waals surface area contributed by atoms with Gasteiger partial charge in [-0.3, -0.25) is 4.79 Å². The highest BCUT2D eigenvalue weighted by Gasteiger charge is 2.40. The van der Waals surface area contributed by atoms with Gasteiger partial charge >= 0.3 is 0 Å². The molecule has 6 nitrogen and oxygen atoms in total. The van der Waals surface area contributed by atoms with Crippen LogP contribution in [0.15, 0.2) is 0 Å². The normalized spacial score (nSPS) is 19.2. The number of ether oxygens (including phenoxy) is 1. The van der Waals surface area contributed by atoms with Crippen LogP contribution in [0.3, 0.4) is 0 Å². The molecule has 2 aromatic rings. The Morgan fingerprint density at radius 1 is 1.24 bits per heavy atom. The predicted octanol–water partition coefficient (Wildman–Crippen LogP) is 2.88. The summed E-state index contributed by atoms with van der Waals surface area (Å²) in [5.74, 6) is 0.886. The molecule has 1 amide bonds. The van der Waals surface area contributed by atoms with Crippen LogP contribution >= 0.6 is 11.3 Å². The van der Waals surface area contributed by atoms with Crippen molar-refractivity contribution in [1.29, 1.82) is 0 Å². The molecule has 0 bridgehead atoms. The van der Waals surface area contributed by atoms with Gasteiger partial charge in [0.1, 0.15) is 21.5 Å². The van der Waals surface area contributed by atoms with Gasteiger partial charge in [0.15, 0.2) is 5.60 Å². The van der Waals surface area contributed by atoms with Crippen molar-refractivity contribution in [3.63, 3.8) is 0 Å². The first-order chi connectivity index (χ1) is 11.7. The van der Waals surface area contributed by atoms with Crippen LogP contribution in [0.1, 0.15) is 45.6 Å². The van der Waals surface area contributed by atoms with Crippen LogP contribution in [0, 0.1) is 27.7 Å². The number of carbonyl (C=O) groups excluding carboxylic acids is 1. The summed E-state index contributed by atoms with van der Waals surface area (Å²) in [6, 6.07) is 0. The number of carbonyl (C=O) groups is 1. The minimum Gasteiger partial charge on any atom is -0.507 e. The number of phenols is 1. The second-order valence-electron chi connectivity index (χ2n) is 6.76. The fraction of sp³-hybridized carbons (Fsp3) is 0.500. The molecular weight excluding hydrogens is 338 g/mol. The second kappa shape index (κ2) is 6.29. The number of hydrogen-bond donors (Lipinski definition) is 2. The lowest BCUT2D eigenvalue weighted by Crippen LogP contribution is -2.50. The van der Waals surface area contributed by atoms with Gasteiger partial charge in [0, 0.05) is 12.0 Å². The summed E-state index contributed by atoms with van der Waals surface area (Å²) in [5, 5.41) is 22.8. The van der Waals surface area contributed by atoms with Gasteiger partial charge < -0.3 is 15.2 Å². The zero-order chi connectivity index (χ0) is 18.4. The molecule has 1 aromatic carbocycles. The van der Waals surface area contributed by atoms with Gasteiger partial charge in [-0.2, -0.15) is 0 Å². The van der Waals surface area contributed by atoms with E-state index >= 15 is 0 Å². The molecule has 0 fully saturated rings. The number of aromatic hydroxyl groups is 1. The number of fused-ring (bicyclic) bond motifs is 1. The Morgan fingerprint density at radius 3 is 2.60 bits per heavy atom. The van der Waals surface area contributed by atoms with Crippen LogP contribution in [-0.4, -0.2) is 26.8 Å². The molecule has 1 aromatic heterocycles. The quantitative estimate of drug-likeness (QED) is 0.878. The van der Waals surface area contributed by atoms with Crippen molar-refractivity contribution >= 4 is 17.2 Å². The van der Waals surface area contributed by atoms with E-state index in [4.69, 9.17) is 4.74 Å². The minimum atomic E-state index is -0.937. The minimum absolute atomic E-state index is 0.159. The highest BCUT2D eigenvalue weighted by Crippen LogP contribution is 2.43. The molecule has 7 heteroatoms. The van der Waals surface area contributed by atoms with Gasteiger partial charge in [0.25, 0.3) is 5.91 Å². The molecule has 1 atom stereocenters. The number of phenolic OH excluding ortho intramolecular Hbond substituents is 1. The Labute approximate surface area is 151 Å². The molecule has 1 aliphatic rings. The van der Waals surface area contributed by atoms with Crippen LogP contribution in [0.2, 0.25) is 0 Å². The van der Waals surface area contributed by atoms with Gasteiger partial charge in [0.2, 0.25) is 0 Å². The van der Waals surface area contributed by atoms with E-state index < -0.39 is 5.60 Å². The first-order valence-electron chi connectivity index (χ1n) is 8.31. The molecule has 25 heavy (non-hydrogen) atoms. The Kier molecular flexibility index (Phi) is 4.45. The predicted molar refractivity (Wildman–Crippen MR) is 96.2 cm³/mol. The first-order valence-corrected chi connectivity index (χ1v) is 9.12. The number of nitrogens with zero attached hydrogens (tertiary/aromatic N) is 2. The van der Waals surface area contributed by atoms with Crippen molar-refractivity contribution in [3.05, 3.63) is 32.3 Å². The summed E-state index contributed by atoms with van der Waals surface area (Å²) in [5.41, 5.74) is 2.57. The highest BCUT2D eigenvalue weighted by atomic mass is 32.1. The summed E-state index contributed by atoms with van der Waals surface area (Å²) in [6.07, 6.45) is 1.25. The number of rotatable bonds is 3. The van der Waals surface area contributed by atoms with E-state index in [-0.39, 0.29) is 5.91 Å². The van der Waals surface area contributed by atoms with Crippen LogP contribution in [0.25, 0.3) is 0 Å². The van der Waals surface area contributed by atoms with E-state index in [1.165, 1.54) is 11.3 Å². The van der Waals surface area contributed by atoms with Gasteiger partial charge in [0.05, 0.1) is 6.54 Å². The third-order valence-electron chi connectivity index (χ3n) is 4.97. The van der Waals surface area contributed by atoms with Crippen LogP contribution in [0.4, 0.5) is 0 Å². The standard InChI is InChI=1S/C18H23N3O3S/c1-9-10(2)16-13(11(3)15(9)22)6-7-18(5,24-16)17(23)19-8-14-21-20-12(4)25-14/h22H,6-8H2,1-5H3,(H,19,23). The largest absolute Gasteiger partial charge is 0.507 e. The van der Waals surface area contributed by atoms with Crippen molar-refractivity contribution in [2.75, 3.05) is 0 Å². The lowest BCUT2D eigenvalue weighted by Gasteiger charge is -2.36. The molecule has 134 valence electrons. The molecule has 1 aliphatic heterocycles. The number of benzene rings is 1. The zero-order valence-corrected chi connectivity index (χ0v) is 16.0. The molecule has 2 N–H and O–H groups in total. The Morgan fingerprint density at radius 2 is 1.96 bits per heavy atom. The van der Waals surface area contributed by atoms with Crippen molar-refractivity contribution < 1.29 is 14.6 Å². The van der Waals surface area contributed by atoms with Crippen LogP contribution < -0.4 is 10.1 Å². The molecule has 3 rings (SSSR count). The number of nitrogens with one attached hydrogen (secondary N) is 1. The van der Waals surface area contributed by atoms with Gasteiger partial charge in [-0.1, -0.05) is 11.3 Å². The SMILES string of the molecule is Cc1nnc(CNC(=O)C2(C)CCc3c(C)c(O)c(C)c(C)c3O2)s1. The molecular formula is C18H23N3O3S.